The van der Waals surface area contributed by atoms with Gasteiger partial charge in [0.25, 0.3) is 11.8 Å². The smallest absolute Gasteiger partial charge is 0.287 e. The predicted octanol–water partition coefficient (Wildman–Crippen LogP) is 4.29. The minimum absolute atomic E-state index is 0.0407. The standard InChI is InChI=1S/C23H17Cl2N3O4/c24-15-5-1-13(2-6-15)10-26-21(30)18-12-28-23-17(20(18)29)9-19(32-23)22(31)27-11-14-3-7-16(25)8-4-14/h1-9,12H,10-11H2,(H,26,30)(H,27,31)(H,28,29). The number of hydrogen-bond acceptors (Lipinski definition) is 4. The van der Waals surface area contributed by atoms with E-state index in [9.17, 15) is 14.4 Å². The fourth-order valence-corrected chi connectivity index (χ4v) is 3.30. The molecule has 0 saturated heterocycles. The molecule has 0 saturated carbocycles. The molecule has 162 valence electrons. The molecule has 0 aliphatic rings. The van der Waals surface area contributed by atoms with E-state index in [-0.39, 0.29) is 35.5 Å². The molecule has 2 aromatic heterocycles. The van der Waals surface area contributed by atoms with E-state index in [0.29, 0.717) is 10.0 Å². The van der Waals surface area contributed by atoms with Crippen LogP contribution in [0.2, 0.25) is 10.0 Å². The van der Waals surface area contributed by atoms with Crippen LogP contribution < -0.4 is 16.1 Å². The molecule has 0 unspecified atom stereocenters. The van der Waals surface area contributed by atoms with Crippen molar-refractivity contribution in [3.63, 3.8) is 0 Å². The Bertz CT molecular complexity index is 1340. The van der Waals surface area contributed by atoms with Crippen molar-refractivity contribution in [2.75, 3.05) is 0 Å². The molecule has 4 aromatic rings. The normalized spacial score (nSPS) is 10.8. The summed E-state index contributed by atoms with van der Waals surface area (Å²) in [6.45, 7) is 0.497. The van der Waals surface area contributed by atoms with Gasteiger partial charge in [0.1, 0.15) is 5.56 Å². The van der Waals surface area contributed by atoms with Gasteiger partial charge >= 0.3 is 0 Å². The highest BCUT2D eigenvalue weighted by atomic mass is 35.5. The second kappa shape index (κ2) is 9.30. The van der Waals surface area contributed by atoms with Crippen molar-refractivity contribution in [3.05, 3.63) is 104 Å². The van der Waals surface area contributed by atoms with Crippen LogP contribution in [0, 0.1) is 0 Å². The van der Waals surface area contributed by atoms with Crippen molar-refractivity contribution in [2.45, 2.75) is 13.1 Å². The summed E-state index contributed by atoms with van der Waals surface area (Å²) in [6, 6.07) is 15.3. The van der Waals surface area contributed by atoms with Crippen molar-refractivity contribution >= 4 is 46.1 Å². The Morgan fingerprint density at radius 3 is 1.94 bits per heavy atom. The molecule has 32 heavy (non-hydrogen) atoms. The summed E-state index contributed by atoms with van der Waals surface area (Å²) in [6.07, 6.45) is 1.26. The summed E-state index contributed by atoms with van der Waals surface area (Å²) in [5, 5.41) is 6.71. The highest BCUT2D eigenvalue weighted by Crippen LogP contribution is 2.16. The minimum Gasteiger partial charge on any atom is -0.434 e. The Labute approximate surface area is 192 Å². The summed E-state index contributed by atoms with van der Waals surface area (Å²) in [5.74, 6) is -1.07. The zero-order chi connectivity index (χ0) is 22.7. The molecule has 3 N–H and O–H groups in total. The lowest BCUT2D eigenvalue weighted by Gasteiger charge is -2.05. The largest absolute Gasteiger partial charge is 0.434 e. The SMILES string of the molecule is O=C(NCc1ccc(Cl)cc1)c1cc2c(=O)c(C(=O)NCc3ccc(Cl)cc3)c[nH]c2o1. The Hall–Kier alpha value is -3.55. The molecule has 0 spiro atoms. The number of fused-ring (bicyclic) bond motifs is 1. The van der Waals surface area contributed by atoms with Gasteiger partial charge in [-0.15, -0.1) is 0 Å². The van der Waals surface area contributed by atoms with Gasteiger partial charge in [-0.1, -0.05) is 47.5 Å². The maximum Gasteiger partial charge on any atom is 0.287 e. The minimum atomic E-state index is -0.543. The Morgan fingerprint density at radius 1 is 0.844 bits per heavy atom. The van der Waals surface area contributed by atoms with Gasteiger partial charge in [0.05, 0.1) is 5.39 Å². The lowest BCUT2D eigenvalue weighted by molar-refractivity contribution is 0.0922. The first-order valence-corrected chi connectivity index (χ1v) is 10.4. The third kappa shape index (κ3) is 4.85. The summed E-state index contributed by atoms with van der Waals surface area (Å²) >= 11 is 11.7. The molecule has 0 atom stereocenters. The molecule has 0 fully saturated rings. The van der Waals surface area contributed by atoms with Gasteiger partial charge in [0.15, 0.2) is 5.76 Å². The van der Waals surface area contributed by atoms with E-state index in [1.807, 2.05) is 0 Å². The van der Waals surface area contributed by atoms with E-state index in [2.05, 4.69) is 15.6 Å². The van der Waals surface area contributed by atoms with Crippen molar-refractivity contribution in [1.82, 2.24) is 15.6 Å². The number of aromatic nitrogens is 1. The van der Waals surface area contributed by atoms with Gasteiger partial charge in [-0.05, 0) is 35.4 Å². The lowest BCUT2D eigenvalue weighted by atomic mass is 10.2. The number of halogens is 2. The van der Waals surface area contributed by atoms with Crippen LogP contribution in [0.15, 0.2) is 70.0 Å². The Morgan fingerprint density at radius 2 is 1.38 bits per heavy atom. The van der Waals surface area contributed by atoms with Crippen molar-refractivity contribution < 1.29 is 14.0 Å². The Kier molecular flexibility index (Phi) is 6.30. The quantitative estimate of drug-likeness (QED) is 0.391. The highest BCUT2D eigenvalue weighted by Gasteiger charge is 2.18. The molecular weight excluding hydrogens is 453 g/mol. The summed E-state index contributed by atoms with van der Waals surface area (Å²) in [7, 11) is 0. The van der Waals surface area contributed by atoms with Crippen LogP contribution in [-0.2, 0) is 13.1 Å². The molecule has 0 bridgehead atoms. The average Bonchev–Trinajstić information content (AvgIpc) is 3.24. The highest BCUT2D eigenvalue weighted by molar-refractivity contribution is 6.30. The van der Waals surface area contributed by atoms with Crippen molar-refractivity contribution in [3.8, 4) is 0 Å². The zero-order valence-corrected chi connectivity index (χ0v) is 18.1. The monoisotopic (exact) mass is 469 g/mol. The maximum absolute atomic E-state index is 12.8. The number of rotatable bonds is 6. The first-order chi connectivity index (χ1) is 15.4. The molecule has 7 nitrogen and oxygen atoms in total. The second-order valence-electron chi connectivity index (χ2n) is 7.00. The Balaban J connectivity index is 1.47. The van der Waals surface area contributed by atoms with Crippen LogP contribution >= 0.6 is 23.2 Å². The van der Waals surface area contributed by atoms with Crippen LogP contribution in [-0.4, -0.2) is 16.8 Å². The summed E-state index contributed by atoms with van der Waals surface area (Å²) in [5.41, 5.74) is 1.19. The van der Waals surface area contributed by atoms with Crippen LogP contribution in [0.3, 0.4) is 0 Å². The number of amides is 2. The number of hydrogen-bond donors (Lipinski definition) is 3. The number of nitrogens with one attached hydrogen (secondary N) is 3. The zero-order valence-electron chi connectivity index (χ0n) is 16.6. The predicted molar refractivity (Wildman–Crippen MR) is 122 cm³/mol. The number of furan rings is 1. The van der Waals surface area contributed by atoms with E-state index in [0.717, 1.165) is 11.1 Å². The van der Waals surface area contributed by atoms with Gasteiger partial charge < -0.3 is 20.0 Å². The molecule has 2 aromatic carbocycles. The molecule has 9 heteroatoms. The van der Waals surface area contributed by atoms with Crippen molar-refractivity contribution in [1.29, 1.82) is 0 Å². The van der Waals surface area contributed by atoms with Crippen molar-refractivity contribution in [2.24, 2.45) is 0 Å². The number of carbonyl (C=O) groups is 2. The third-order valence-electron chi connectivity index (χ3n) is 4.77. The molecule has 2 heterocycles. The topological polar surface area (TPSA) is 104 Å². The fourth-order valence-electron chi connectivity index (χ4n) is 3.05. The van der Waals surface area contributed by atoms with Gasteiger partial charge in [-0.3, -0.25) is 14.4 Å². The molecule has 0 aliphatic heterocycles. The van der Waals surface area contributed by atoms with E-state index in [4.69, 9.17) is 27.6 Å². The number of carbonyl (C=O) groups excluding carboxylic acids is 2. The van der Waals surface area contributed by atoms with E-state index in [1.165, 1.54) is 12.3 Å². The number of pyridine rings is 1. The van der Waals surface area contributed by atoms with Gasteiger partial charge in [0.2, 0.25) is 11.1 Å². The van der Waals surface area contributed by atoms with Crippen LogP contribution in [0.1, 0.15) is 32.0 Å². The molecule has 4 rings (SSSR count). The summed E-state index contributed by atoms with van der Waals surface area (Å²) in [4.78, 5) is 40.5. The second-order valence-corrected chi connectivity index (χ2v) is 7.88. The summed E-state index contributed by atoms with van der Waals surface area (Å²) < 4.78 is 5.46. The van der Waals surface area contributed by atoms with E-state index in [1.54, 1.807) is 48.5 Å². The number of aromatic amines is 1. The molecule has 0 aliphatic carbocycles. The first-order valence-electron chi connectivity index (χ1n) is 9.61. The van der Waals surface area contributed by atoms with Gasteiger partial charge in [-0.2, -0.15) is 0 Å². The van der Waals surface area contributed by atoms with Gasteiger partial charge in [0, 0.05) is 35.4 Å². The third-order valence-corrected chi connectivity index (χ3v) is 5.27. The van der Waals surface area contributed by atoms with Crippen LogP contribution in [0.25, 0.3) is 11.1 Å². The molecule has 2 amide bonds. The van der Waals surface area contributed by atoms with Crippen LogP contribution in [0.5, 0.6) is 0 Å². The van der Waals surface area contributed by atoms with Gasteiger partial charge in [-0.25, -0.2) is 0 Å². The average molecular weight is 470 g/mol. The fraction of sp³-hybridized carbons (Fsp3) is 0.0870. The number of H-pyrrole nitrogens is 1. The van der Waals surface area contributed by atoms with E-state index >= 15 is 0 Å². The van der Waals surface area contributed by atoms with E-state index < -0.39 is 17.2 Å². The number of benzene rings is 2. The van der Waals surface area contributed by atoms with Crippen LogP contribution in [0.4, 0.5) is 0 Å². The molecular formula is C23H17Cl2N3O4. The maximum atomic E-state index is 12.8. The lowest BCUT2D eigenvalue weighted by Crippen LogP contribution is -2.28. The molecule has 0 radical (unpaired) electrons. The first kappa shape index (κ1) is 21.7.